The molecule has 12 heavy (non-hydrogen) atoms. The van der Waals surface area contributed by atoms with Crippen LogP contribution in [-0.2, 0) is 0 Å². The molecule has 1 aromatic rings. The first kappa shape index (κ1) is 9.20. The second-order valence-electron chi connectivity index (χ2n) is 2.58. The highest BCUT2D eigenvalue weighted by molar-refractivity contribution is 7.80. The standard InChI is InChI=1S/C10H13NS/c11-10-6-3-5-9(8-10)4-1-2-7-12/h1,3-6,8,12H,2,7,11H2. The van der Waals surface area contributed by atoms with Gasteiger partial charge in [-0.25, -0.2) is 0 Å². The Bertz CT molecular complexity index is 268. The second-order valence-corrected chi connectivity index (χ2v) is 3.03. The predicted octanol–water partition coefficient (Wildman–Crippen LogP) is 2.60. The van der Waals surface area contributed by atoms with E-state index in [2.05, 4.69) is 24.8 Å². The van der Waals surface area contributed by atoms with Crippen LogP contribution >= 0.6 is 12.6 Å². The van der Waals surface area contributed by atoms with Crippen molar-refractivity contribution in [2.75, 3.05) is 11.5 Å². The van der Waals surface area contributed by atoms with Crippen LogP contribution in [0.2, 0.25) is 0 Å². The maximum atomic E-state index is 5.61. The van der Waals surface area contributed by atoms with E-state index in [1.165, 1.54) is 0 Å². The van der Waals surface area contributed by atoms with Gasteiger partial charge in [0.1, 0.15) is 0 Å². The summed E-state index contributed by atoms with van der Waals surface area (Å²) in [6.45, 7) is 0. The van der Waals surface area contributed by atoms with Crippen LogP contribution in [0.15, 0.2) is 30.3 Å². The molecule has 1 nitrogen and oxygen atoms in total. The van der Waals surface area contributed by atoms with Gasteiger partial charge in [-0.3, -0.25) is 0 Å². The van der Waals surface area contributed by atoms with Crippen LogP contribution in [0, 0.1) is 0 Å². The molecule has 0 aliphatic heterocycles. The Balaban J connectivity index is 2.63. The highest BCUT2D eigenvalue weighted by Crippen LogP contribution is 2.08. The minimum absolute atomic E-state index is 0.808. The largest absolute Gasteiger partial charge is 0.399 e. The van der Waals surface area contributed by atoms with Gasteiger partial charge < -0.3 is 5.73 Å². The Kier molecular flexibility index (Phi) is 3.74. The van der Waals surface area contributed by atoms with Crippen molar-refractivity contribution in [3.63, 3.8) is 0 Å². The summed E-state index contributed by atoms with van der Waals surface area (Å²) in [5.74, 6) is 0.888. The van der Waals surface area contributed by atoms with Gasteiger partial charge in [0.05, 0.1) is 0 Å². The maximum absolute atomic E-state index is 5.61. The average Bonchev–Trinajstić information content (AvgIpc) is 2.05. The minimum Gasteiger partial charge on any atom is -0.399 e. The molecular formula is C10H13NS. The molecule has 0 aliphatic rings. The molecule has 0 unspecified atom stereocenters. The van der Waals surface area contributed by atoms with E-state index in [0.717, 1.165) is 23.4 Å². The van der Waals surface area contributed by atoms with Crippen LogP contribution < -0.4 is 5.73 Å². The van der Waals surface area contributed by atoms with E-state index in [0.29, 0.717) is 0 Å². The highest BCUT2D eigenvalue weighted by atomic mass is 32.1. The molecule has 0 amide bonds. The SMILES string of the molecule is Nc1cccc(C=CCCS)c1. The third kappa shape index (κ3) is 3.01. The number of rotatable bonds is 3. The van der Waals surface area contributed by atoms with Gasteiger partial charge in [-0.05, 0) is 29.9 Å². The van der Waals surface area contributed by atoms with Crippen molar-refractivity contribution in [1.29, 1.82) is 0 Å². The summed E-state index contributed by atoms with van der Waals surface area (Å²) < 4.78 is 0. The first-order valence-electron chi connectivity index (χ1n) is 3.96. The summed E-state index contributed by atoms with van der Waals surface area (Å²) >= 11 is 4.11. The third-order valence-electron chi connectivity index (χ3n) is 1.52. The van der Waals surface area contributed by atoms with E-state index in [1.807, 2.05) is 24.3 Å². The number of anilines is 1. The number of hydrogen-bond acceptors (Lipinski definition) is 2. The molecule has 1 rings (SSSR count). The van der Waals surface area contributed by atoms with Crippen LogP contribution in [0.1, 0.15) is 12.0 Å². The summed E-state index contributed by atoms with van der Waals surface area (Å²) in [6, 6.07) is 7.83. The predicted molar refractivity (Wildman–Crippen MR) is 58.4 cm³/mol. The Morgan fingerprint density at radius 1 is 1.42 bits per heavy atom. The molecule has 0 saturated heterocycles. The zero-order chi connectivity index (χ0) is 8.81. The van der Waals surface area contributed by atoms with Gasteiger partial charge in [-0.15, -0.1) is 0 Å². The van der Waals surface area contributed by atoms with Gasteiger partial charge in [0.2, 0.25) is 0 Å². The Morgan fingerprint density at radius 2 is 2.25 bits per heavy atom. The van der Waals surface area contributed by atoms with Crippen LogP contribution in [0.3, 0.4) is 0 Å². The molecule has 64 valence electrons. The lowest BCUT2D eigenvalue weighted by Gasteiger charge is -1.94. The van der Waals surface area contributed by atoms with Gasteiger partial charge in [-0.2, -0.15) is 12.6 Å². The Labute approximate surface area is 78.7 Å². The number of benzene rings is 1. The van der Waals surface area contributed by atoms with E-state index in [1.54, 1.807) is 0 Å². The number of nitrogens with two attached hydrogens (primary N) is 1. The topological polar surface area (TPSA) is 26.0 Å². The molecule has 2 heteroatoms. The molecule has 1 aromatic carbocycles. The summed E-state index contributed by atoms with van der Waals surface area (Å²) in [7, 11) is 0. The van der Waals surface area contributed by atoms with E-state index in [4.69, 9.17) is 5.73 Å². The first-order valence-corrected chi connectivity index (χ1v) is 4.59. The monoisotopic (exact) mass is 179 g/mol. The normalized spacial score (nSPS) is 10.8. The smallest absolute Gasteiger partial charge is 0.0319 e. The summed E-state index contributed by atoms with van der Waals surface area (Å²) in [4.78, 5) is 0. The minimum atomic E-state index is 0.808. The Hall–Kier alpha value is -0.890. The van der Waals surface area contributed by atoms with Gasteiger partial charge in [0.15, 0.2) is 0 Å². The van der Waals surface area contributed by atoms with Gasteiger partial charge in [0, 0.05) is 5.69 Å². The number of thiol groups is 1. The van der Waals surface area contributed by atoms with Crippen LogP contribution in [-0.4, -0.2) is 5.75 Å². The molecule has 0 heterocycles. The Morgan fingerprint density at radius 3 is 2.92 bits per heavy atom. The second kappa shape index (κ2) is 4.88. The van der Waals surface area contributed by atoms with E-state index in [9.17, 15) is 0 Å². The molecule has 0 aliphatic carbocycles. The molecular weight excluding hydrogens is 166 g/mol. The quantitative estimate of drug-likeness (QED) is 0.541. The third-order valence-corrected chi connectivity index (χ3v) is 1.77. The lowest BCUT2D eigenvalue weighted by molar-refractivity contribution is 1.26. The molecule has 0 atom stereocenters. The van der Waals surface area contributed by atoms with Gasteiger partial charge >= 0.3 is 0 Å². The first-order chi connectivity index (χ1) is 5.83. The van der Waals surface area contributed by atoms with Crippen molar-refractivity contribution in [3.8, 4) is 0 Å². The number of allylic oxidation sites excluding steroid dienone is 1. The molecule has 0 fully saturated rings. The van der Waals surface area contributed by atoms with Crippen molar-refractivity contribution in [2.24, 2.45) is 0 Å². The summed E-state index contributed by atoms with van der Waals surface area (Å²) in [5.41, 5.74) is 7.57. The summed E-state index contributed by atoms with van der Waals surface area (Å²) in [5, 5.41) is 0. The van der Waals surface area contributed by atoms with Crippen molar-refractivity contribution in [2.45, 2.75) is 6.42 Å². The zero-order valence-electron chi connectivity index (χ0n) is 6.90. The number of nitrogen functional groups attached to an aromatic ring is 1. The fourth-order valence-electron chi connectivity index (χ4n) is 0.957. The molecule has 0 saturated carbocycles. The fraction of sp³-hybridized carbons (Fsp3) is 0.200. The lowest BCUT2D eigenvalue weighted by atomic mass is 10.2. The van der Waals surface area contributed by atoms with E-state index >= 15 is 0 Å². The number of hydrogen-bond donors (Lipinski definition) is 2. The van der Waals surface area contributed by atoms with Crippen molar-refractivity contribution >= 4 is 24.4 Å². The van der Waals surface area contributed by atoms with Crippen LogP contribution in [0.4, 0.5) is 5.69 Å². The summed E-state index contributed by atoms with van der Waals surface area (Å²) in [6.07, 6.45) is 5.16. The average molecular weight is 179 g/mol. The maximum Gasteiger partial charge on any atom is 0.0319 e. The van der Waals surface area contributed by atoms with Crippen molar-refractivity contribution < 1.29 is 0 Å². The molecule has 0 bridgehead atoms. The lowest BCUT2D eigenvalue weighted by Crippen LogP contribution is -1.83. The molecule has 2 N–H and O–H groups in total. The zero-order valence-corrected chi connectivity index (χ0v) is 7.80. The van der Waals surface area contributed by atoms with Crippen molar-refractivity contribution in [3.05, 3.63) is 35.9 Å². The van der Waals surface area contributed by atoms with Crippen molar-refractivity contribution in [1.82, 2.24) is 0 Å². The van der Waals surface area contributed by atoms with Gasteiger partial charge in [0.25, 0.3) is 0 Å². The molecule has 0 radical (unpaired) electrons. The van der Waals surface area contributed by atoms with Crippen LogP contribution in [0.5, 0.6) is 0 Å². The molecule has 0 aromatic heterocycles. The fourth-order valence-corrected chi connectivity index (χ4v) is 1.11. The van der Waals surface area contributed by atoms with Gasteiger partial charge in [-0.1, -0.05) is 24.3 Å². The highest BCUT2D eigenvalue weighted by Gasteiger charge is 1.86. The van der Waals surface area contributed by atoms with E-state index in [-0.39, 0.29) is 0 Å². The van der Waals surface area contributed by atoms with E-state index < -0.39 is 0 Å². The molecule has 0 spiro atoms. The van der Waals surface area contributed by atoms with Crippen LogP contribution in [0.25, 0.3) is 6.08 Å².